The normalized spacial score (nSPS) is 17.6. The maximum atomic E-state index is 12.9. The van der Waals surface area contributed by atoms with E-state index < -0.39 is 16.9 Å². The summed E-state index contributed by atoms with van der Waals surface area (Å²) in [5, 5.41) is 0.00518. The molecule has 4 nitrogen and oxygen atoms in total. The molecule has 130 valence electrons. The number of carbonyl (C=O) groups is 2. The number of nitrogens with zero attached hydrogens (tertiary/aromatic N) is 2. The molecule has 0 radical (unpaired) electrons. The van der Waals surface area contributed by atoms with Gasteiger partial charge in [0.2, 0.25) is 5.78 Å². The number of carbonyl (C=O) groups excluding carboxylic acids is 2. The van der Waals surface area contributed by atoms with E-state index in [1.165, 1.54) is 11.8 Å². The molecule has 1 amide bonds. The third-order valence-electron chi connectivity index (χ3n) is 4.02. The first-order chi connectivity index (χ1) is 12.0. The Morgan fingerprint density at radius 3 is 2.52 bits per heavy atom. The van der Waals surface area contributed by atoms with Gasteiger partial charge in [0, 0.05) is 23.0 Å². The number of hydrogen-bond donors (Lipinski definition) is 0. The van der Waals surface area contributed by atoms with E-state index in [4.69, 9.17) is 11.6 Å². The van der Waals surface area contributed by atoms with E-state index in [1.54, 1.807) is 17.0 Å². The van der Waals surface area contributed by atoms with Gasteiger partial charge in [0.05, 0.1) is 5.69 Å². The molecule has 1 atom stereocenters. The zero-order valence-corrected chi connectivity index (χ0v) is 15.7. The van der Waals surface area contributed by atoms with Gasteiger partial charge >= 0.3 is 0 Å². The van der Waals surface area contributed by atoms with Gasteiger partial charge in [0.1, 0.15) is 5.25 Å². The lowest BCUT2D eigenvalue weighted by Crippen LogP contribution is -2.41. The van der Waals surface area contributed by atoms with Crippen LogP contribution < -0.4 is 4.90 Å². The average Bonchev–Trinajstić information content (AvgIpc) is 2.70. The fourth-order valence-electron chi connectivity index (χ4n) is 2.71. The second kappa shape index (κ2) is 7.60. The molecule has 1 heterocycles. The Morgan fingerprint density at radius 2 is 1.84 bits per heavy atom. The molecule has 0 fully saturated rings. The topological polar surface area (TPSA) is 40.6 Å². The first kappa shape index (κ1) is 18.0. The predicted molar refractivity (Wildman–Crippen MR) is 102 cm³/mol. The maximum Gasteiger partial charge on any atom is 0.296 e. The van der Waals surface area contributed by atoms with Crippen LogP contribution in [-0.4, -0.2) is 43.8 Å². The highest BCUT2D eigenvalue weighted by Gasteiger charge is 2.36. The summed E-state index contributed by atoms with van der Waals surface area (Å²) < 4.78 is 0. The Hall–Kier alpha value is -1.82. The number of likely N-dealkylation sites (N-methyl/N-ethyl adjacent to an activating group) is 1. The van der Waals surface area contributed by atoms with Crippen molar-refractivity contribution >= 4 is 40.7 Å². The molecule has 0 aromatic heterocycles. The van der Waals surface area contributed by atoms with Crippen molar-refractivity contribution in [2.24, 2.45) is 0 Å². The molecule has 0 aliphatic carbocycles. The quantitative estimate of drug-likeness (QED) is 0.766. The standard InChI is InChI=1S/C19H19ClN2O2S/c1-21(2)10-11-22-15-12-14(20)8-9-16(15)25-18(17(23)19(22)24)13-6-4-3-5-7-13/h3-9,12,18H,10-11H2,1-2H3. The van der Waals surface area contributed by atoms with Crippen LogP contribution in [-0.2, 0) is 9.59 Å². The highest BCUT2D eigenvalue weighted by Crippen LogP contribution is 2.44. The number of ketones is 1. The molecule has 2 aromatic carbocycles. The number of halogens is 1. The van der Waals surface area contributed by atoms with Crippen LogP contribution in [0, 0.1) is 0 Å². The highest BCUT2D eigenvalue weighted by molar-refractivity contribution is 8.00. The molecule has 6 heteroatoms. The van der Waals surface area contributed by atoms with Crippen molar-refractivity contribution in [3.05, 3.63) is 59.1 Å². The van der Waals surface area contributed by atoms with E-state index in [9.17, 15) is 9.59 Å². The summed E-state index contributed by atoms with van der Waals surface area (Å²) in [7, 11) is 3.87. The van der Waals surface area contributed by atoms with Gasteiger partial charge in [-0.05, 0) is 37.9 Å². The number of amides is 1. The summed E-state index contributed by atoms with van der Waals surface area (Å²) >= 11 is 7.56. The molecule has 0 N–H and O–H groups in total. The van der Waals surface area contributed by atoms with Crippen LogP contribution in [0.2, 0.25) is 5.02 Å². The van der Waals surface area contributed by atoms with E-state index in [-0.39, 0.29) is 0 Å². The fourth-order valence-corrected chi connectivity index (χ4v) is 4.06. The minimum absolute atomic E-state index is 0.401. The molecule has 0 saturated heterocycles. The molecule has 1 unspecified atom stereocenters. The van der Waals surface area contributed by atoms with Gasteiger partial charge in [-0.2, -0.15) is 0 Å². The number of benzene rings is 2. The van der Waals surface area contributed by atoms with Crippen LogP contribution in [0.1, 0.15) is 10.8 Å². The fraction of sp³-hybridized carbons (Fsp3) is 0.263. The van der Waals surface area contributed by atoms with E-state index in [0.29, 0.717) is 23.8 Å². The lowest BCUT2D eigenvalue weighted by atomic mass is 10.1. The van der Waals surface area contributed by atoms with Crippen LogP contribution >= 0.6 is 23.4 Å². The van der Waals surface area contributed by atoms with Crippen LogP contribution in [0.25, 0.3) is 0 Å². The molecule has 2 aromatic rings. The van der Waals surface area contributed by atoms with Crippen LogP contribution in [0.15, 0.2) is 53.4 Å². The number of Topliss-reactive ketones (excluding diaryl/α,β-unsaturated/α-hetero) is 1. The second-order valence-electron chi connectivity index (χ2n) is 6.14. The Morgan fingerprint density at radius 1 is 1.12 bits per heavy atom. The summed E-state index contributed by atoms with van der Waals surface area (Å²) in [6.45, 7) is 1.10. The Kier molecular flexibility index (Phi) is 5.47. The van der Waals surface area contributed by atoms with Crippen molar-refractivity contribution in [3.8, 4) is 0 Å². The van der Waals surface area contributed by atoms with Crippen LogP contribution in [0.4, 0.5) is 5.69 Å². The largest absolute Gasteiger partial charge is 0.308 e. The maximum absolute atomic E-state index is 12.9. The van der Waals surface area contributed by atoms with Crippen molar-refractivity contribution < 1.29 is 9.59 Å². The molecule has 0 saturated carbocycles. The SMILES string of the molecule is CN(C)CCN1C(=O)C(=O)C(c2ccccc2)Sc2ccc(Cl)cc21. The Labute approximate surface area is 156 Å². The summed E-state index contributed by atoms with van der Waals surface area (Å²) in [4.78, 5) is 30.2. The minimum Gasteiger partial charge on any atom is -0.308 e. The highest BCUT2D eigenvalue weighted by atomic mass is 35.5. The minimum atomic E-state index is -0.544. The van der Waals surface area contributed by atoms with Crippen LogP contribution in [0.3, 0.4) is 0 Å². The molecule has 25 heavy (non-hydrogen) atoms. The number of anilines is 1. The molecular formula is C19H19ClN2O2S. The Bertz CT molecular complexity index is 795. The van der Waals surface area contributed by atoms with E-state index in [0.717, 1.165) is 10.5 Å². The molecular weight excluding hydrogens is 356 g/mol. The molecule has 1 aliphatic heterocycles. The number of rotatable bonds is 4. The van der Waals surface area contributed by atoms with Gasteiger partial charge in [0.15, 0.2) is 0 Å². The summed E-state index contributed by atoms with van der Waals surface area (Å²) in [6.07, 6.45) is 0. The van der Waals surface area contributed by atoms with Gasteiger partial charge in [-0.25, -0.2) is 0 Å². The van der Waals surface area contributed by atoms with Crippen molar-refractivity contribution in [2.75, 3.05) is 32.1 Å². The Balaban J connectivity index is 2.05. The third-order valence-corrected chi connectivity index (χ3v) is 5.58. The van der Waals surface area contributed by atoms with Crippen molar-refractivity contribution in [2.45, 2.75) is 10.1 Å². The van der Waals surface area contributed by atoms with Crippen LogP contribution in [0.5, 0.6) is 0 Å². The first-order valence-corrected chi connectivity index (χ1v) is 9.24. The lowest BCUT2D eigenvalue weighted by molar-refractivity contribution is -0.136. The van der Waals surface area contributed by atoms with Gasteiger partial charge in [-0.15, -0.1) is 11.8 Å². The number of fused-ring (bicyclic) bond motifs is 1. The zero-order valence-electron chi connectivity index (χ0n) is 14.1. The first-order valence-electron chi connectivity index (χ1n) is 7.99. The zero-order chi connectivity index (χ0) is 18.0. The monoisotopic (exact) mass is 374 g/mol. The predicted octanol–water partition coefficient (Wildman–Crippen LogP) is 3.65. The smallest absolute Gasteiger partial charge is 0.296 e. The van der Waals surface area contributed by atoms with Gasteiger partial charge in [-0.3, -0.25) is 9.59 Å². The molecule has 0 spiro atoms. The van der Waals surface area contributed by atoms with Crippen molar-refractivity contribution in [1.29, 1.82) is 0 Å². The number of hydrogen-bond acceptors (Lipinski definition) is 4. The van der Waals surface area contributed by atoms with Gasteiger partial charge in [0.25, 0.3) is 5.91 Å². The summed E-state index contributed by atoms with van der Waals surface area (Å²) in [5.74, 6) is -0.883. The van der Waals surface area contributed by atoms with Gasteiger partial charge in [-0.1, -0.05) is 41.9 Å². The van der Waals surface area contributed by atoms with E-state index in [1.807, 2.05) is 55.4 Å². The average molecular weight is 375 g/mol. The molecule has 0 bridgehead atoms. The van der Waals surface area contributed by atoms with Crippen molar-refractivity contribution in [3.63, 3.8) is 0 Å². The number of thioether (sulfide) groups is 1. The molecule has 3 rings (SSSR count). The summed E-state index contributed by atoms with van der Waals surface area (Å²) in [5.41, 5.74) is 1.54. The van der Waals surface area contributed by atoms with Crippen molar-refractivity contribution in [1.82, 2.24) is 4.90 Å². The lowest BCUT2D eigenvalue weighted by Gasteiger charge is -2.23. The molecule has 1 aliphatic rings. The second-order valence-corrected chi connectivity index (χ2v) is 7.73. The van der Waals surface area contributed by atoms with E-state index >= 15 is 0 Å². The van der Waals surface area contributed by atoms with Gasteiger partial charge < -0.3 is 9.80 Å². The third kappa shape index (κ3) is 3.89. The van der Waals surface area contributed by atoms with E-state index in [2.05, 4.69) is 0 Å². The summed E-state index contributed by atoms with van der Waals surface area (Å²) in [6, 6.07) is 14.9.